The van der Waals surface area contributed by atoms with Crippen LogP contribution in [-0.2, 0) is 0 Å². The molecule has 3 aromatic rings. The third-order valence-corrected chi connectivity index (χ3v) is 5.00. The average Bonchev–Trinajstić information content (AvgIpc) is 2.83. The van der Waals surface area contributed by atoms with Gasteiger partial charge in [0.05, 0.1) is 12.1 Å². The summed E-state index contributed by atoms with van der Waals surface area (Å²) in [6, 6.07) is 24.4. The summed E-state index contributed by atoms with van der Waals surface area (Å²) in [7, 11) is 0. The van der Waals surface area contributed by atoms with Crippen LogP contribution in [0.25, 0.3) is 5.57 Å². The maximum absolute atomic E-state index is 11.8. The number of aromatic nitrogens is 1. The van der Waals surface area contributed by atoms with E-state index in [2.05, 4.69) is 74.0 Å². The summed E-state index contributed by atoms with van der Waals surface area (Å²) in [4.78, 5) is 15.8. The predicted molar refractivity (Wildman–Crippen MR) is 130 cm³/mol. The van der Waals surface area contributed by atoms with Crippen LogP contribution >= 0.6 is 12.1 Å². The summed E-state index contributed by atoms with van der Waals surface area (Å²) in [6.07, 6.45) is 10.2. The lowest BCUT2D eigenvalue weighted by Gasteiger charge is -2.09. The lowest BCUT2D eigenvalue weighted by molar-refractivity contribution is 0.246. The maximum Gasteiger partial charge on any atom is 0.326 e. The van der Waals surface area contributed by atoms with Crippen LogP contribution < -0.4 is 10.0 Å². The minimum Gasteiger partial charge on any atom is -0.337 e. The van der Waals surface area contributed by atoms with E-state index in [0.717, 1.165) is 37.0 Å². The zero-order valence-corrected chi connectivity index (χ0v) is 18.1. The van der Waals surface area contributed by atoms with Gasteiger partial charge in [0.15, 0.2) is 0 Å². The topological polar surface area (TPSA) is 66.4 Å². The molecule has 0 aliphatic rings. The van der Waals surface area contributed by atoms with Crippen molar-refractivity contribution in [1.29, 1.82) is 0 Å². The minimum absolute atomic E-state index is 0.238. The van der Waals surface area contributed by atoms with Gasteiger partial charge in [-0.2, -0.15) is 0 Å². The van der Waals surface area contributed by atoms with Crippen molar-refractivity contribution in [3.05, 3.63) is 108 Å². The lowest BCUT2D eigenvalue weighted by Crippen LogP contribution is -2.31. The summed E-state index contributed by atoms with van der Waals surface area (Å²) in [5, 5.41) is 2.86. The first-order valence-corrected chi connectivity index (χ1v) is 11.0. The Labute approximate surface area is 188 Å². The fourth-order valence-corrected chi connectivity index (χ4v) is 3.38. The van der Waals surface area contributed by atoms with Crippen LogP contribution in [0.2, 0.25) is 0 Å². The molecule has 0 saturated carbocycles. The number of allylic oxidation sites excluding steroid dienone is 1. The zero-order valence-electron chi connectivity index (χ0n) is 17.3. The molecule has 0 saturated heterocycles. The van der Waals surface area contributed by atoms with Crippen molar-refractivity contribution < 1.29 is 4.79 Å². The fourth-order valence-electron chi connectivity index (χ4n) is 3.00. The van der Waals surface area contributed by atoms with E-state index >= 15 is 0 Å². The number of rotatable bonds is 10. The van der Waals surface area contributed by atoms with Crippen LogP contribution in [-0.4, -0.2) is 23.8 Å². The van der Waals surface area contributed by atoms with Crippen LogP contribution in [0.3, 0.4) is 0 Å². The summed E-state index contributed by atoms with van der Waals surface area (Å²) < 4.78 is 6.73. The molecule has 3 rings (SSSR count). The van der Waals surface area contributed by atoms with Crippen molar-refractivity contribution in [1.82, 2.24) is 15.0 Å². The van der Waals surface area contributed by atoms with E-state index in [-0.39, 0.29) is 6.03 Å². The highest BCUT2D eigenvalue weighted by molar-refractivity contribution is 7.96. The molecular weight excluding hydrogens is 404 g/mol. The average molecular weight is 431 g/mol. The van der Waals surface area contributed by atoms with Crippen molar-refractivity contribution in [2.24, 2.45) is 4.40 Å². The molecule has 5 nitrogen and oxygen atoms in total. The van der Waals surface area contributed by atoms with E-state index in [9.17, 15) is 4.79 Å². The van der Waals surface area contributed by atoms with Gasteiger partial charge in [0.2, 0.25) is 0 Å². The molecule has 158 valence electrons. The molecule has 0 unspecified atom stereocenters. The van der Waals surface area contributed by atoms with Gasteiger partial charge in [-0.05, 0) is 42.0 Å². The van der Waals surface area contributed by atoms with E-state index in [1.54, 1.807) is 18.6 Å². The first-order valence-electron chi connectivity index (χ1n) is 10.3. The molecule has 6 heteroatoms. The van der Waals surface area contributed by atoms with Crippen LogP contribution in [0.4, 0.5) is 4.79 Å². The molecule has 0 bridgehead atoms. The molecule has 0 spiro atoms. The van der Waals surface area contributed by atoms with Gasteiger partial charge in [-0.15, -0.1) is 0 Å². The van der Waals surface area contributed by atoms with Crippen LogP contribution in [0.5, 0.6) is 0 Å². The molecule has 0 fully saturated rings. The Morgan fingerprint density at radius 1 is 0.935 bits per heavy atom. The first kappa shape index (κ1) is 22.3. The number of benzene rings is 2. The van der Waals surface area contributed by atoms with Crippen molar-refractivity contribution in [2.45, 2.75) is 19.3 Å². The van der Waals surface area contributed by atoms with Crippen molar-refractivity contribution in [3.63, 3.8) is 0 Å². The highest BCUT2D eigenvalue weighted by atomic mass is 32.2. The van der Waals surface area contributed by atoms with Crippen molar-refractivity contribution >= 4 is 30.0 Å². The van der Waals surface area contributed by atoms with Gasteiger partial charge in [-0.1, -0.05) is 72.8 Å². The third-order valence-electron chi connectivity index (χ3n) is 4.51. The number of carbonyl (C=O) groups is 1. The molecule has 1 aromatic heterocycles. The molecule has 0 radical (unpaired) electrons. The SMILES string of the molecule is O=C(NCCCCC=C(c1ccccc1)c1ccccc1)NS/N=C/c1cccnc1. The number of urea groups is 1. The van der Waals surface area contributed by atoms with E-state index < -0.39 is 0 Å². The second kappa shape index (κ2) is 13.0. The number of hydrogen-bond donors (Lipinski definition) is 2. The molecule has 0 atom stereocenters. The summed E-state index contributed by atoms with van der Waals surface area (Å²) in [5.41, 5.74) is 4.57. The summed E-state index contributed by atoms with van der Waals surface area (Å²) >= 11 is 0.994. The lowest BCUT2D eigenvalue weighted by atomic mass is 9.96. The predicted octanol–water partition coefficient (Wildman–Crippen LogP) is 5.67. The second-order valence-corrected chi connectivity index (χ2v) is 7.41. The van der Waals surface area contributed by atoms with Crippen LogP contribution in [0.15, 0.2) is 95.7 Å². The highest BCUT2D eigenvalue weighted by Gasteiger charge is 2.04. The molecule has 2 aromatic carbocycles. The summed E-state index contributed by atoms with van der Waals surface area (Å²) in [5.74, 6) is 0. The Morgan fingerprint density at radius 3 is 2.29 bits per heavy atom. The van der Waals surface area contributed by atoms with Crippen LogP contribution in [0.1, 0.15) is 36.0 Å². The van der Waals surface area contributed by atoms with Gasteiger partial charge in [-0.3, -0.25) is 9.71 Å². The number of pyridine rings is 1. The number of unbranched alkanes of at least 4 members (excludes halogenated alkanes) is 2. The number of hydrogen-bond acceptors (Lipinski definition) is 4. The van der Waals surface area contributed by atoms with Gasteiger partial charge in [0.25, 0.3) is 0 Å². The molecule has 2 N–H and O–H groups in total. The van der Waals surface area contributed by atoms with E-state index in [1.165, 1.54) is 16.7 Å². The number of nitrogens with one attached hydrogen (secondary N) is 2. The molecule has 31 heavy (non-hydrogen) atoms. The molecule has 1 heterocycles. The fraction of sp³-hybridized carbons (Fsp3) is 0.160. The normalized spacial score (nSPS) is 10.6. The number of nitrogens with zero attached hydrogens (tertiary/aromatic N) is 2. The monoisotopic (exact) mass is 430 g/mol. The molecule has 0 aliphatic heterocycles. The van der Waals surface area contributed by atoms with Gasteiger partial charge in [0.1, 0.15) is 0 Å². The standard InChI is InChI=1S/C25H26N4OS/c30-25(29-31-28-20-21-11-10-17-26-19-21)27-18-9-3-8-16-24(22-12-4-1-5-13-22)23-14-6-2-7-15-23/h1-2,4-7,10-17,19-20H,3,8-9,18H2,(H2,27,29,30)/b28-20+. The molecule has 2 amide bonds. The van der Waals surface area contributed by atoms with E-state index in [0.29, 0.717) is 6.54 Å². The Bertz CT molecular complexity index is 935. The van der Waals surface area contributed by atoms with E-state index in [4.69, 9.17) is 0 Å². The van der Waals surface area contributed by atoms with Gasteiger partial charge >= 0.3 is 6.03 Å². The van der Waals surface area contributed by atoms with Gasteiger partial charge in [0, 0.05) is 30.7 Å². The highest BCUT2D eigenvalue weighted by Crippen LogP contribution is 2.24. The Kier molecular flexibility index (Phi) is 9.38. The maximum atomic E-state index is 11.8. The van der Waals surface area contributed by atoms with Gasteiger partial charge < -0.3 is 5.32 Å². The van der Waals surface area contributed by atoms with Crippen molar-refractivity contribution in [2.75, 3.05) is 6.54 Å². The third kappa shape index (κ3) is 8.10. The minimum atomic E-state index is -0.238. The zero-order chi connectivity index (χ0) is 21.6. The van der Waals surface area contributed by atoms with Crippen LogP contribution in [0, 0.1) is 0 Å². The Morgan fingerprint density at radius 2 is 1.65 bits per heavy atom. The summed E-state index contributed by atoms with van der Waals surface area (Å²) in [6.45, 7) is 0.624. The molecular formula is C25H26N4OS. The van der Waals surface area contributed by atoms with Gasteiger partial charge in [-0.25, -0.2) is 9.19 Å². The smallest absolute Gasteiger partial charge is 0.326 e. The Hall–Kier alpha value is -3.38. The van der Waals surface area contributed by atoms with Crippen molar-refractivity contribution in [3.8, 4) is 0 Å². The van der Waals surface area contributed by atoms with E-state index in [1.807, 2.05) is 24.3 Å². The molecule has 0 aliphatic carbocycles. The second-order valence-electron chi connectivity index (χ2n) is 6.82. The Balaban J connectivity index is 1.37. The largest absolute Gasteiger partial charge is 0.337 e. The number of amides is 2. The first-order chi connectivity index (χ1) is 15.3. The quantitative estimate of drug-likeness (QED) is 0.248. The number of carbonyl (C=O) groups excluding carboxylic acids is 1.